The monoisotopic (exact) mass is 213 g/mol. The Kier molecular flexibility index (Phi) is 3.37. The second-order valence-corrected chi connectivity index (χ2v) is 4.74. The van der Waals surface area contributed by atoms with E-state index in [4.69, 9.17) is 9.94 Å². The maximum atomic E-state index is 10.8. The van der Waals surface area contributed by atoms with Crippen LogP contribution in [0.1, 0.15) is 34.1 Å². The van der Waals surface area contributed by atoms with Crippen LogP contribution in [-0.2, 0) is 9.63 Å². The first-order valence-corrected chi connectivity index (χ1v) is 5.33. The van der Waals surface area contributed by atoms with E-state index in [1.165, 1.54) is 0 Å². The van der Waals surface area contributed by atoms with E-state index in [2.05, 4.69) is 5.16 Å². The van der Waals surface area contributed by atoms with Crippen LogP contribution < -0.4 is 0 Å². The van der Waals surface area contributed by atoms with Gasteiger partial charge < -0.3 is 9.94 Å². The van der Waals surface area contributed by atoms with Gasteiger partial charge in [0.2, 0.25) is 0 Å². The van der Waals surface area contributed by atoms with Crippen molar-refractivity contribution in [2.75, 3.05) is 0 Å². The predicted molar refractivity (Wildman–Crippen MR) is 57.7 cm³/mol. The highest BCUT2D eigenvalue weighted by Crippen LogP contribution is 2.57. The third kappa shape index (κ3) is 2.49. The molecule has 1 N–H and O–H groups in total. The number of hydrogen-bond donors (Lipinski definition) is 1. The van der Waals surface area contributed by atoms with E-state index >= 15 is 0 Å². The molecule has 0 heterocycles. The van der Waals surface area contributed by atoms with Gasteiger partial charge in [-0.3, -0.25) is 4.79 Å². The van der Waals surface area contributed by atoms with Gasteiger partial charge in [0.15, 0.2) is 0 Å². The number of oxime groups is 1. The summed E-state index contributed by atoms with van der Waals surface area (Å²) in [5.41, 5.74) is -0.186. The highest BCUT2D eigenvalue weighted by Gasteiger charge is 2.61. The van der Waals surface area contributed by atoms with Gasteiger partial charge in [0.1, 0.15) is 6.10 Å². The zero-order chi connectivity index (χ0) is 11.6. The summed E-state index contributed by atoms with van der Waals surface area (Å²) in [4.78, 5) is 16.0. The molecule has 0 aliphatic heterocycles. The summed E-state index contributed by atoms with van der Waals surface area (Å²) in [6.07, 6.45) is 2.62. The lowest BCUT2D eigenvalue weighted by atomic mass is 10.1. The quantitative estimate of drug-likeness (QED) is 0.562. The smallest absolute Gasteiger partial charge is 0.307 e. The molecule has 3 atom stereocenters. The molecule has 4 nitrogen and oxygen atoms in total. The van der Waals surface area contributed by atoms with Crippen LogP contribution in [0.2, 0.25) is 0 Å². The van der Waals surface area contributed by atoms with Crippen LogP contribution >= 0.6 is 0 Å². The summed E-state index contributed by atoms with van der Waals surface area (Å²) in [6.45, 7) is 7.82. The molecule has 86 valence electrons. The molecule has 4 heteroatoms. The first-order chi connectivity index (χ1) is 6.91. The van der Waals surface area contributed by atoms with Crippen molar-refractivity contribution >= 4 is 12.2 Å². The first-order valence-electron chi connectivity index (χ1n) is 5.33. The Labute approximate surface area is 90.3 Å². The standard InChI is InChI=1S/C11H19NO3/c1-5-7(2)15-12-6-8-9(10(13)14)11(8,3)4/h6-9H,5H2,1-4H3,(H,13,14)/b12-6+/t7?,8?,9-/m0/s1. The van der Waals surface area contributed by atoms with Crippen LogP contribution in [0.5, 0.6) is 0 Å². The van der Waals surface area contributed by atoms with Gasteiger partial charge in [0, 0.05) is 12.1 Å². The minimum Gasteiger partial charge on any atom is -0.481 e. The van der Waals surface area contributed by atoms with E-state index in [9.17, 15) is 4.79 Å². The zero-order valence-electron chi connectivity index (χ0n) is 9.73. The molecule has 1 aliphatic carbocycles. The Bertz CT molecular complexity index is 273. The lowest BCUT2D eigenvalue weighted by molar-refractivity contribution is -0.139. The third-order valence-electron chi connectivity index (χ3n) is 3.21. The fourth-order valence-electron chi connectivity index (χ4n) is 1.71. The minimum absolute atomic E-state index is 0.000874. The van der Waals surface area contributed by atoms with Crippen molar-refractivity contribution in [3.8, 4) is 0 Å². The van der Waals surface area contributed by atoms with Crippen molar-refractivity contribution < 1.29 is 14.7 Å². The summed E-state index contributed by atoms with van der Waals surface area (Å²) >= 11 is 0. The molecular formula is C11H19NO3. The van der Waals surface area contributed by atoms with Crippen molar-refractivity contribution in [2.45, 2.75) is 40.2 Å². The fourth-order valence-corrected chi connectivity index (χ4v) is 1.71. The molecule has 1 rings (SSSR count). The SMILES string of the molecule is CCC(C)O/N=C/C1[C@@H](C(=O)O)C1(C)C. The number of nitrogens with zero attached hydrogens (tertiary/aromatic N) is 1. The summed E-state index contributed by atoms with van der Waals surface area (Å²) < 4.78 is 0. The molecule has 1 saturated carbocycles. The van der Waals surface area contributed by atoms with Crippen LogP contribution in [0.4, 0.5) is 0 Å². The molecule has 15 heavy (non-hydrogen) atoms. The van der Waals surface area contributed by atoms with Gasteiger partial charge in [-0.1, -0.05) is 25.9 Å². The molecule has 2 unspecified atom stereocenters. The van der Waals surface area contributed by atoms with Crippen LogP contribution in [0.25, 0.3) is 0 Å². The maximum Gasteiger partial charge on any atom is 0.307 e. The second-order valence-electron chi connectivity index (χ2n) is 4.74. The van der Waals surface area contributed by atoms with Gasteiger partial charge in [0.25, 0.3) is 0 Å². The van der Waals surface area contributed by atoms with E-state index in [1.807, 2.05) is 27.7 Å². The summed E-state index contributed by atoms with van der Waals surface area (Å²) in [5.74, 6) is -1.07. The summed E-state index contributed by atoms with van der Waals surface area (Å²) in [6, 6.07) is 0. The topological polar surface area (TPSA) is 58.9 Å². The number of carbonyl (C=O) groups is 1. The normalized spacial score (nSPS) is 30.1. The van der Waals surface area contributed by atoms with Crippen molar-refractivity contribution in [1.29, 1.82) is 0 Å². The molecule has 1 aliphatic rings. The minimum atomic E-state index is -0.750. The van der Waals surface area contributed by atoms with Crippen LogP contribution in [0.15, 0.2) is 5.16 Å². The molecule has 0 spiro atoms. The number of carboxylic acid groups (broad SMARTS) is 1. The summed E-state index contributed by atoms with van der Waals surface area (Å²) in [5, 5.41) is 12.8. The van der Waals surface area contributed by atoms with Gasteiger partial charge in [-0.25, -0.2) is 0 Å². The lowest BCUT2D eigenvalue weighted by Gasteiger charge is -2.04. The van der Waals surface area contributed by atoms with Crippen molar-refractivity contribution in [3.63, 3.8) is 0 Å². The van der Waals surface area contributed by atoms with Crippen molar-refractivity contribution in [3.05, 3.63) is 0 Å². The fraction of sp³-hybridized carbons (Fsp3) is 0.818. The highest BCUT2D eigenvalue weighted by molar-refractivity contribution is 5.84. The Morgan fingerprint density at radius 1 is 1.67 bits per heavy atom. The van der Waals surface area contributed by atoms with Crippen molar-refractivity contribution in [2.24, 2.45) is 22.4 Å². The van der Waals surface area contributed by atoms with Gasteiger partial charge in [-0.05, 0) is 18.8 Å². The number of hydrogen-bond acceptors (Lipinski definition) is 3. The number of rotatable bonds is 5. The molecule has 0 aromatic carbocycles. The lowest BCUT2D eigenvalue weighted by Crippen LogP contribution is -2.03. The van der Waals surface area contributed by atoms with E-state index in [0.29, 0.717) is 0 Å². The van der Waals surface area contributed by atoms with Gasteiger partial charge in [0.05, 0.1) is 5.92 Å². The molecular weight excluding hydrogens is 194 g/mol. The van der Waals surface area contributed by atoms with Crippen molar-refractivity contribution in [1.82, 2.24) is 0 Å². The van der Waals surface area contributed by atoms with E-state index in [1.54, 1.807) is 6.21 Å². The Morgan fingerprint density at radius 3 is 2.67 bits per heavy atom. The average Bonchev–Trinajstić information content (AvgIpc) is 2.68. The van der Waals surface area contributed by atoms with Gasteiger partial charge in [-0.15, -0.1) is 0 Å². The van der Waals surface area contributed by atoms with Crippen LogP contribution in [0, 0.1) is 17.3 Å². The molecule has 0 radical (unpaired) electrons. The molecule has 0 aromatic heterocycles. The van der Waals surface area contributed by atoms with Crippen LogP contribution in [-0.4, -0.2) is 23.4 Å². The molecule has 1 fully saturated rings. The van der Waals surface area contributed by atoms with Gasteiger partial charge in [-0.2, -0.15) is 0 Å². The van der Waals surface area contributed by atoms with E-state index < -0.39 is 5.97 Å². The maximum absolute atomic E-state index is 10.8. The van der Waals surface area contributed by atoms with E-state index in [-0.39, 0.29) is 23.4 Å². The van der Waals surface area contributed by atoms with Gasteiger partial charge >= 0.3 is 5.97 Å². The Balaban J connectivity index is 2.44. The molecule has 0 saturated heterocycles. The average molecular weight is 213 g/mol. The third-order valence-corrected chi connectivity index (χ3v) is 3.21. The largest absolute Gasteiger partial charge is 0.481 e. The van der Waals surface area contributed by atoms with Crippen LogP contribution in [0.3, 0.4) is 0 Å². The molecule has 0 bridgehead atoms. The second kappa shape index (κ2) is 4.21. The number of aliphatic carboxylic acids is 1. The molecule has 0 amide bonds. The van der Waals surface area contributed by atoms with E-state index in [0.717, 1.165) is 6.42 Å². The highest BCUT2D eigenvalue weighted by atomic mass is 16.6. The molecule has 0 aromatic rings. The first kappa shape index (κ1) is 12.0. The Hall–Kier alpha value is -1.06. The Morgan fingerprint density at radius 2 is 2.27 bits per heavy atom. The predicted octanol–water partition coefficient (Wildman–Crippen LogP) is 2.14. The summed E-state index contributed by atoms with van der Waals surface area (Å²) in [7, 11) is 0. The zero-order valence-corrected chi connectivity index (χ0v) is 9.73. The number of carboxylic acids is 1.